The van der Waals surface area contributed by atoms with Crippen molar-refractivity contribution in [3.63, 3.8) is 0 Å². The Morgan fingerprint density at radius 2 is 1.77 bits per heavy atom. The molecular formula is C23H29Cl2N3OS2. The van der Waals surface area contributed by atoms with Crippen molar-refractivity contribution in [2.45, 2.75) is 31.6 Å². The van der Waals surface area contributed by atoms with Crippen LogP contribution in [0.3, 0.4) is 0 Å². The summed E-state index contributed by atoms with van der Waals surface area (Å²) in [7, 11) is 4.05. The summed E-state index contributed by atoms with van der Waals surface area (Å²) in [6.45, 7) is 5.66. The van der Waals surface area contributed by atoms with E-state index in [2.05, 4.69) is 30.9 Å². The van der Waals surface area contributed by atoms with Gasteiger partial charge >= 0.3 is 0 Å². The minimum absolute atomic E-state index is 0. The molecule has 0 saturated heterocycles. The normalized spacial score (nSPS) is 11.0. The third-order valence-electron chi connectivity index (χ3n) is 4.91. The predicted octanol–water partition coefficient (Wildman–Crippen LogP) is 6.46. The molecule has 0 fully saturated rings. The highest BCUT2D eigenvalue weighted by molar-refractivity contribution is 7.99. The van der Waals surface area contributed by atoms with E-state index in [9.17, 15) is 4.79 Å². The van der Waals surface area contributed by atoms with Gasteiger partial charge < -0.3 is 4.90 Å². The molecule has 3 rings (SSSR count). The van der Waals surface area contributed by atoms with Crippen LogP contribution in [0.4, 0.5) is 5.13 Å². The van der Waals surface area contributed by atoms with E-state index >= 15 is 0 Å². The number of hydrogen-bond donors (Lipinski definition) is 0. The molecule has 0 aliphatic carbocycles. The molecule has 1 aromatic heterocycles. The van der Waals surface area contributed by atoms with Gasteiger partial charge in [0, 0.05) is 29.4 Å². The zero-order valence-electron chi connectivity index (χ0n) is 18.4. The van der Waals surface area contributed by atoms with Crippen LogP contribution in [0, 0.1) is 13.8 Å². The number of likely N-dealkylation sites (N-methyl/N-ethyl adjacent to an activating group) is 1. The molecule has 0 saturated carbocycles. The first-order chi connectivity index (χ1) is 14.3. The zero-order valence-corrected chi connectivity index (χ0v) is 21.6. The summed E-state index contributed by atoms with van der Waals surface area (Å²) in [6.07, 6.45) is 1.34. The second-order valence-corrected chi connectivity index (χ2v) is 10.3. The standard InChI is InChI=1S/C23H28ClN3OS2.ClH/c1-16-14-20-21(15-17(16)2)30-23(25-20)27(12-11-26(3)4)22(28)6-5-13-29-19-9-7-18(24)8-10-19;/h7-10,14-15H,5-6,11-13H2,1-4H3;1H. The van der Waals surface area contributed by atoms with Gasteiger partial charge in [-0.3, -0.25) is 9.69 Å². The molecule has 4 nitrogen and oxygen atoms in total. The van der Waals surface area contributed by atoms with Crippen molar-refractivity contribution in [2.75, 3.05) is 37.8 Å². The average molecular weight is 499 g/mol. The maximum absolute atomic E-state index is 13.1. The van der Waals surface area contributed by atoms with Crippen LogP contribution >= 0.6 is 47.1 Å². The van der Waals surface area contributed by atoms with Gasteiger partial charge in [0.1, 0.15) is 0 Å². The number of nitrogens with zero attached hydrogens (tertiary/aromatic N) is 3. The van der Waals surface area contributed by atoms with E-state index in [0.717, 1.165) is 39.1 Å². The number of carbonyl (C=O) groups is 1. The number of carbonyl (C=O) groups excluding carboxylic acids is 1. The van der Waals surface area contributed by atoms with E-state index in [1.807, 2.05) is 43.3 Å². The van der Waals surface area contributed by atoms with Crippen LogP contribution in [-0.2, 0) is 4.79 Å². The molecule has 0 spiro atoms. The lowest BCUT2D eigenvalue weighted by Crippen LogP contribution is -2.36. The first-order valence-electron chi connectivity index (χ1n) is 10.0. The fraction of sp³-hybridized carbons (Fsp3) is 0.391. The van der Waals surface area contributed by atoms with Gasteiger partial charge in [-0.05, 0) is 87.6 Å². The summed E-state index contributed by atoms with van der Waals surface area (Å²) in [4.78, 5) is 23.0. The van der Waals surface area contributed by atoms with Crippen LogP contribution < -0.4 is 4.90 Å². The predicted molar refractivity (Wildman–Crippen MR) is 139 cm³/mol. The van der Waals surface area contributed by atoms with Crippen LogP contribution in [0.1, 0.15) is 24.0 Å². The molecule has 0 aliphatic rings. The summed E-state index contributed by atoms with van der Waals surface area (Å²) < 4.78 is 1.13. The number of thiazole rings is 1. The summed E-state index contributed by atoms with van der Waals surface area (Å²) in [6, 6.07) is 12.1. The fourth-order valence-electron chi connectivity index (χ4n) is 2.99. The molecule has 0 aliphatic heterocycles. The molecule has 3 aromatic rings. The van der Waals surface area contributed by atoms with Crippen molar-refractivity contribution in [3.05, 3.63) is 52.5 Å². The number of halogens is 2. The number of aromatic nitrogens is 1. The molecule has 0 N–H and O–H groups in total. The minimum atomic E-state index is 0. The van der Waals surface area contributed by atoms with Crippen LogP contribution in [0.15, 0.2) is 41.3 Å². The smallest absolute Gasteiger partial charge is 0.228 e. The third-order valence-corrected chi connectivity index (χ3v) is 7.30. The van der Waals surface area contributed by atoms with Crippen molar-refractivity contribution >= 4 is 68.4 Å². The van der Waals surface area contributed by atoms with Gasteiger partial charge in [0.05, 0.1) is 10.2 Å². The highest BCUT2D eigenvalue weighted by atomic mass is 35.5. The van der Waals surface area contributed by atoms with Gasteiger partial charge in [-0.2, -0.15) is 0 Å². The summed E-state index contributed by atoms with van der Waals surface area (Å²) in [5, 5.41) is 1.54. The summed E-state index contributed by atoms with van der Waals surface area (Å²) >= 11 is 9.29. The Balaban J connectivity index is 0.00000341. The molecule has 168 valence electrons. The lowest BCUT2D eigenvalue weighted by atomic mass is 10.1. The maximum Gasteiger partial charge on any atom is 0.228 e. The van der Waals surface area contributed by atoms with Crippen LogP contribution in [0.2, 0.25) is 5.02 Å². The number of aryl methyl sites for hydroxylation is 2. The Bertz CT molecular complexity index is 967. The number of rotatable bonds is 9. The molecule has 1 heterocycles. The molecular weight excluding hydrogens is 469 g/mol. The number of anilines is 1. The third kappa shape index (κ3) is 7.36. The maximum atomic E-state index is 13.1. The topological polar surface area (TPSA) is 36.4 Å². The van der Waals surface area contributed by atoms with Crippen molar-refractivity contribution < 1.29 is 4.79 Å². The van der Waals surface area contributed by atoms with Crippen molar-refractivity contribution in [2.24, 2.45) is 0 Å². The van der Waals surface area contributed by atoms with Crippen LogP contribution in [0.5, 0.6) is 0 Å². The van der Waals surface area contributed by atoms with Gasteiger partial charge in [-0.25, -0.2) is 4.98 Å². The molecule has 8 heteroatoms. The first kappa shape index (κ1) is 25.9. The van der Waals surface area contributed by atoms with Crippen molar-refractivity contribution in [1.82, 2.24) is 9.88 Å². The molecule has 0 bridgehead atoms. The molecule has 0 unspecified atom stereocenters. The Morgan fingerprint density at radius 3 is 2.45 bits per heavy atom. The van der Waals surface area contributed by atoms with Crippen LogP contribution in [0.25, 0.3) is 10.2 Å². The number of benzene rings is 2. The Kier molecular flexibility index (Phi) is 10.1. The van der Waals surface area contributed by atoms with Gasteiger partial charge in [0.15, 0.2) is 5.13 Å². The van der Waals surface area contributed by atoms with Gasteiger partial charge in [0.25, 0.3) is 0 Å². The van der Waals surface area contributed by atoms with E-state index in [4.69, 9.17) is 16.6 Å². The molecule has 2 aromatic carbocycles. The van der Waals surface area contributed by atoms with Gasteiger partial charge in [-0.15, -0.1) is 24.2 Å². The second kappa shape index (κ2) is 12.1. The highest BCUT2D eigenvalue weighted by Gasteiger charge is 2.20. The molecule has 31 heavy (non-hydrogen) atoms. The van der Waals surface area contributed by atoms with Crippen molar-refractivity contribution in [3.8, 4) is 0 Å². The molecule has 1 amide bonds. The second-order valence-electron chi connectivity index (χ2n) is 7.66. The van der Waals surface area contributed by atoms with Gasteiger partial charge in [0.2, 0.25) is 5.91 Å². The van der Waals surface area contributed by atoms with E-state index in [-0.39, 0.29) is 18.3 Å². The lowest BCUT2D eigenvalue weighted by Gasteiger charge is -2.22. The SMILES string of the molecule is Cc1cc2nc(N(CCN(C)C)C(=O)CCCSc3ccc(Cl)cc3)sc2cc1C.Cl. The molecule has 0 atom stereocenters. The summed E-state index contributed by atoms with van der Waals surface area (Å²) in [5.41, 5.74) is 3.45. The largest absolute Gasteiger partial charge is 0.308 e. The van der Waals surface area contributed by atoms with Crippen molar-refractivity contribution in [1.29, 1.82) is 0 Å². The van der Waals surface area contributed by atoms with E-state index in [1.165, 1.54) is 16.0 Å². The average Bonchev–Trinajstić information content (AvgIpc) is 3.09. The highest BCUT2D eigenvalue weighted by Crippen LogP contribution is 2.31. The number of hydrogen-bond acceptors (Lipinski definition) is 5. The zero-order chi connectivity index (χ0) is 21.7. The summed E-state index contributed by atoms with van der Waals surface area (Å²) in [5.74, 6) is 1.04. The Hall–Kier alpha value is -1.31. The Morgan fingerprint density at radius 1 is 1.10 bits per heavy atom. The number of amides is 1. The minimum Gasteiger partial charge on any atom is -0.308 e. The van der Waals surface area contributed by atoms with E-state index in [1.54, 1.807) is 23.1 Å². The monoisotopic (exact) mass is 497 g/mol. The Labute approximate surface area is 204 Å². The molecule has 0 radical (unpaired) electrons. The number of thioether (sulfide) groups is 1. The fourth-order valence-corrected chi connectivity index (χ4v) is 5.06. The first-order valence-corrected chi connectivity index (χ1v) is 12.2. The quantitative estimate of drug-likeness (QED) is 0.251. The van der Waals surface area contributed by atoms with Gasteiger partial charge in [-0.1, -0.05) is 22.9 Å². The van der Waals surface area contributed by atoms with Crippen LogP contribution in [-0.4, -0.2) is 48.7 Å². The van der Waals surface area contributed by atoms with E-state index in [0.29, 0.717) is 13.0 Å². The lowest BCUT2D eigenvalue weighted by molar-refractivity contribution is -0.118. The number of fused-ring (bicyclic) bond motifs is 1. The van der Waals surface area contributed by atoms with E-state index < -0.39 is 0 Å².